The lowest BCUT2D eigenvalue weighted by molar-refractivity contribution is 0.0458. The van der Waals surface area contributed by atoms with Crippen molar-refractivity contribution in [3.05, 3.63) is 42.4 Å². The van der Waals surface area contributed by atoms with Gasteiger partial charge in [0.05, 0.1) is 36.2 Å². The van der Waals surface area contributed by atoms with E-state index in [9.17, 15) is 5.11 Å². The van der Waals surface area contributed by atoms with E-state index >= 15 is 0 Å². The van der Waals surface area contributed by atoms with Gasteiger partial charge in [0.25, 0.3) is 5.88 Å². The topological polar surface area (TPSA) is 119 Å². The number of H-pyrrole nitrogens is 1. The van der Waals surface area contributed by atoms with Gasteiger partial charge in [-0.3, -0.25) is 9.58 Å². The second kappa shape index (κ2) is 10.4. The van der Waals surface area contributed by atoms with E-state index < -0.39 is 6.23 Å². The van der Waals surface area contributed by atoms with Crippen LogP contribution in [0.5, 0.6) is 5.88 Å². The number of hydrogen-bond acceptors (Lipinski definition) is 9. The van der Waals surface area contributed by atoms with Crippen molar-refractivity contribution in [2.45, 2.75) is 26.1 Å². The molecule has 11 heteroatoms. The van der Waals surface area contributed by atoms with E-state index in [-0.39, 0.29) is 6.04 Å². The maximum atomic E-state index is 11.0. The number of aromatic nitrogens is 5. The number of aromatic amines is 1. The molecule has 0 bridgehead atoms. The van der Waals surface area contributed by atoms with E-state index in [2.05, 4.69) is 55.5 Å². The third-order valence-electron chi connectivity index (χ3n) is 7.05. The lowest BCUT2D eigenvalue weighted by atomic mass is 10.1. The van der Waals surface area contributed by atoms with Crippen LogP contribution in [0.1, 0.15) is 12.5 Å². The Morgan fingerprint density at radius 1 is 1.14 bits per heavy atom. The number of fused-ring (bicyclic) bond motifs is 1. The number of nitrogens with one attached hydrogen (secondary N) is 3. The molecule has 1 saturated heterocycles. The summed E-state index contributed by atoms with van der Waals surface area (Å²) in [6, 6.07) is 6.02. The minimum Gasteiger partial charge on any atom is -0.478 e. The van der Waals surface area contributed by atoms with E-state index in [1.807, 2.05) is 38.5 Å². The zero-order valence-electron chi connectivity index (χ0n) is 22.0. The predicted octanol–water partition coefficient (Wildman–Crippen LogP) is 2.79. The molecule has 196 valence electrons. The monoisotopic (exact) mass is 505 g/mol. The Morgan fingerprint density at radius 2 is 1.92 bits per heavy atom. The molecule has 0 saturated carbocycles. The van der Waals surface area contributed by atoms with E-state index in [0.29, 0.717) is 17.5 Å². The first-order valence-electron chi connectivity index (χ1n) is 12.5. The van der Waals surface area contributed by atoms with Crippen LogP contribution in [-0.2, 0) is 7.05 Å². The summed E-state index contributed by atoms with van der Waals surface area (Å²) in [4.78, 5) is 17.3. The van der Waals surface area contributed by atoms with Gasteiger partial charge >= 0.3 is 0 Å². The maximum absolute atomic E-state index is 11.0. The van der Waals surface area contributed by atoms with E-state index in [4.69, 9.17) is 9.72 Å². The fourth-order valence-electron chi connectivity index (χ4n) is 4.78. The molecule has 37 heavy (non-hydrogen) atoms. The van der Waals surface area contributed by atoms with Crippen LogP contribution in [-0.4, -0.2) is 92.2 Å². The molecular formula is C26H35N9O2. The molecule has 4 aromatic rings. The van der Waals surface area contributed by atoms with Crippen molar-refractivity contribution in [2.75, 3.05) is 51.0 Å². The molecule has 4 heterocycles. The molecule has 1 aliphatic heterocycles. The number of hydrogen-bond donors (Lipinski definition) is 4. The first kappa shape index (κ1) is 25.0. The van der Waals surface area contributed by atoms with Gasteiger partial charge in [0.2, 0.25) is 5.95 Å². The molecule has 1 fully saturated rings. The number of aliphatic hydroxyl groups is 1. The first-order valence-corrected chi connectivity index (χ1v) is 12.5. The average Bonchev–Trinajstić information content (AvgIpc) is 3.48. The van der Waals surface area contributed by atoms with Gasteiger partial charge in [-0.1, -0.05) is 12.1 Å². The van der Waals surface area contributed by atoms with E-state index in [1.165, 1.54) is 0 Å². The molecule has 1 aromatic carbocycles. The highest BCUT2D eigenvalue weighted by molar-refractivity contribution is 6.01. The van der Waals surface area contributed by atoms with Crippen molar-refractivity contribution >= 4 is 28.2 Å². The number of ether oxygens (including phenoxy) is 1. The SMILES string of the molecule is COc1nn(C)cc1Nc1ncc(C)c(-c2c[nH]c3c(NC(O)[C@H](C)N4CCN(C)CC4)cccc23)n1. The van der Waals surface area contributed by atoms with Gasteiger partial charge in [-0.2, -0.15) is 0 Å². The van der Waals surface area contributed by atoms with Crippen molar-refractivity contribution in [3.8, 4) is 17.1 Å². The van der Waals surface area contributed by atoms with Gasteiger partial charge in [-0.15, -0.1) is 5.10 Å². The largest absolute Gasteiger partial charge is 0.478 e. The molecular weight excluding hydrogens is 470 g/mol. The first-order chi connectivity index (χ1) is 17.8. The lowest BCUT2D eigenvalue weighted by Crippen LogP contribution is -2.53. The van der Waals surface area contributed by atoms with Crippen molar-refractivity contribution in [2.24, 2.45) is 7.05 Å². The Labute approximate surface area is 216 Å². The summed E-state index contributed by atoms with van der Waals surface area (Å²) < 4.78 is 7.01. The number of anilines is 3. The van der Waals surface area contributed by atoms with Gasteiger partial charge in [0.1, 0.15) is 11.9 Å². The molecule has 2 atom stereocenters. The van der Waals surface area contributed by atoms with Crippen LogP contribution >= 0.6 is 0 Å². The Kier molecular flexibility index (Phi) is 7.00. The zero-order valence-corrected chi connectivity index (χ0v) is 22.0. The number of aliphatic hydroxyl groups excluding tert-OH is 1. The summed E-state index contributed by atoms with van der Waals surface area (Å²) >= 11 is 0. The Bertz CT molecular complexity index is 1370. The molecule has 0 radical (unpaired) electrons. The molecule has 0 aliphatic carbocycles. The number of benzene rings is 1. The summed E-state index contributed by atoms with van der Waals surface area (Å²) in [5.41, 5.74) is 5.18. The van der Waals surface area contributed by atoms with Crippen molar-refractivity contribution in [1.29, 1.82) is 0 Å². The summed E-state index contributed by atoms with van der Waals surface area (Å²) in [5, 5.41) is 22.8. The van der Waals surface area contributed by atoms with Crippen LogP contribution in [0.2, 0.25) is 0 Å². The summed E-state index contributed by atoms with van der Waals surface area (Å²) in [7, 11) is 5.54. The van der Waals surface area contributed by atoms with Crippen LogP contribution in [0, 0.1) is 6.92 Å². The zero-order chi connectivity index (χ0) is 26.1. The summed E-state index contributed by atoms with van der Waals surface area (Å²) in [6.45, 7) is 7.97. The van der Waals surface area contributed by atoms with E-state index in [0.717, 1.165) is 59.6 Å². The Hall–Kier alpha value is -3.67. The van der Waals surface area contributed by atoms with Crippen LogP contribution in [0.15, 0.2) is 36.8 Å². The molecule has 1 aliphatic rings. The molecule has 5 rings (SSSR count). The molecule has 3 aromatic heterocycles. The highest BCUT2D eigenvalue weighted by Crippen LogP contribution is 2.34. The minimum absolute atomic E-state index is 0.0133. The average molecular weight is 506 g/mol. The number of likely N-dealkylation sites (N-methyl/N-ethyl adjacent to an activating group) is 1. The van der Waals surface area contributed by atoms with Gasteiger partial charge in [0.15, 0.2) is 0 Å². The highest BCUT2D eigenvalue weighted by atomic mass is 16.5. The van der Waals surface area contributed by atoms with Crippen LogP contribution in [0.3, 0.4) is 0 Å². The van der Waals surface area contributed by atoms with Crippen LogP contribution < -0.4 is 15.4 Å². The van der Waals surface area contributed by atoms with Gasteiger partial charge in [-0.05, 0) is 32.5 Å². The second-order valence-electron chi connectivity index (χ2n) is 9.68. The number of aryl methyl sites for hydroxylation is 2. The minimum atomic E-state index is -0.702. The van der Waals surface area contributed by atoms with Gasteiger partial charge in [0, 0.05) is 56.6 Å². The predicted molar refractivity (Wildman–Crippen MR) is 145 cm³/mol. The van der Waals surface area contributed by atoms with Crippen molar-refractivity contribution in [3.63, 3.8) is 0 Å². The molecule has 11 nitrogen and oxygen atoms in total. The standard InChI is InChI=1S/C26H35N9O2/c1-16-13-28-26(30-21-15-34(4)32-25(21)37-5)31-22(16)19-14-27-23-18(19)7-6-8-20(23)29-24(36)17(2)35-11-9-33(3)10-12-35/h6-8,13-15,17,24,27,29,36H,9-12H2,1-5H3,(H,28,30,31)/t17-,24?/m0/s1. The van der Waals surface area contributed by atoms with E-state index in [1.54, 1.807) is 18.0 Å². The number of para-hydroxylation sites is 1. The fraction of sp³-hybridized carbons (Fsp3) is 0.423. The van der Waals surface area contributed by atoms with Crippen molar-refractivity contribution in [1.82, 2.24) is 34.5 Å². The van der Waals surface area contributed by atoms with Crippen molar-refractivity contribution < 1.29 is 9.84 Å². The quantitative estimate of drug-likeness (QED) is 0.268. The van der Waals surface area contributed by atoms with Crippen LogP contribution in [0.25, 0.3) is 22.2 Å². The third kappa shape index (κ3) is 5.10. The molecule has 0 amide bonds. The second-order valence-corrected chi connectivity index (χ2v) is 9.68. The lowest BCUT2D eigenvalue weighted by Gasteiger charge is -2.38. The highest BCUT2D eigenvalue weighted by Gasteiger charge is 2.25. The summed E-state index contributed by atoms with van der Waals surface area (Å²) in [6.07, 6.45) is 4.87. The number of methoxy groups -OCH3 is 1. The molecule has 1 unspecified atom stereocenters. The number of nitrogens with zero attached hydrogens (tertiary/aromatic N) is 6. The van der Waals surface area contributed by atoms with Gasteiger partial charge < -0.3 is 30.4 Å². The summed E-state index contributed by atoms with van der Waals surface area (Å²) in [5.74, 6) is 0.923. The molecule has 0 spiro atoms. The fourth-order valence-corrected chi connectivity index (χ4v) is 4.78. The van der Waals surface area contributed by atoms with Gasteiger partial charge in [-0.25, -0.2) is 9.97 Å². The smallest absolute Gasteiger partial charge is 0.256 e. The normalized spacial score (nSPS) is 16.6. The third-order valence-corrected chi connectivity index (χ3v) is 7.05. The Morgan fingerprint density at radius 3 is 2.68 bits per heavy atom. The Balaban J connectivity index is 1.40. The maximum Gasteiger partial charge on any atom is 0.256 e. The number of rotatable bonds is 8. The molecule has 4 N–H and O–H groups in total. The van der Waals surface area contributed by atoms with Crippen LogP contribution in [0.4, 0.5) is 17.3 Å². The number of piperazine rings is 1.